The first-order valence-electron chi connectivity index (χ1n) is 9.51. The van der Waals surface area contributed by atoms with Gasteiger partial charge in [-0.25, -0.2) is 8.78 Å². The fourth-order valence-corrected chi connectivity index (χ4v) is 3.50. The Hall–Kier alpha value is -3.55. The molecule has 2 amide bonds. The van der Waals surface area contributed by atoms with Crippen molar-refractivity contribution in [3.63, 3.8) is 0 Å². The Morgan fingerprint density at radius 3 is 2.17 bits per heavy atom. The van der Waals surface area contributed by atoms with Crippen molar-refractivity contribution in [2.24, 2.45) is 0 Å². The number of hydrogen-bond donors (Lipinski definition) is 0. The van der Waals surface area contributed by atoms with Gasteiger partial charge < -0.3 is 14.3 Å². The quantitative estimate of drug-likeness (QED) is 0.661. The average molecular weight is 411 g/mol. The van der Waals surface area contributed by atoms with Crippen molar-refractivity contribution in [1.82, 2.24) is 15.0 Å². The fraction of sp³-hybridized carbons (Fsp3) is 0.227. The Labute approximate surface area is 171 Å². The van der Waals surface area contributed by atoms with Crippen molar-refractivity contribution >= 4 is 11.8 Å². The largest absolute Gasteiger partial charge is 0.360 e. The minimum Gasteiger partial charge on any atom is -0.360 e. The van der Waals surface area contributed by atoms with E-state index in [1.54, 1.807) is 11.8 Å². The van der Waals surface area contributed by atoms with E-state index in [0.29, 0.717) is 30.1 Å². The maximum Gasteiger partial charge on any atom is 0.259 e. The van der Waals surface area contributed by atoms with Crippen LogP contribution in [-0.2, 0) is 0 Å². The topological polar surface area (TPSA) is 66.7 Å². The standard InChI is InChI=1S/C22H19F2N3O3/c1-14-19(20(25-30-14)15-5-3-2-4-6-15)22(29)27-11-9-26(10-12-27)21(28)16-7-8-17(23)18(24)13-16/h2-8,13H,9-12H2,1H3. The van der Waals surface area contributed by atoms with E-state index in [0.717, 1.165) is 17.7 Å². The summed E-state index contributed by atoms with van der Waals surface area (Å²) >= 11 is 0. The molecule has 1 aromatic heterocycles. The number of benzene rings is 2. The summed E-state index contributed by atoms with van der Waals surface area (Å²) in [5.41, 5.74) is 1.75. The van der Waals surface area contributed by atoms with Gasteiger partial charge in [-0.3, -0.25) is 9.59 Å². The van der Waals surface area contributed by atoms with E-state index in [9.17, 15) is 18.4 Å². The normalized spacial score (nSPS) is 14.1. The number of piperazine rings is 1. The summed E-state index contributed by atoms with van der Waals surface area (Å²) in [5.74, 6) is -2.25. The lowest BCUT2D eigenvalue weighted by Gasteiger charge is -2.34. The third kappa shape index (κ3) is 3.68. The Morgan fingerprint density at radius 1 is 0.900 bits per heavy atom. The molecule has 6 nitrogen and oxygen atoms in total. The van der Waals surface area contributed by atoms with Gasteiger partial charge in [0, 0.05) is 37.3 Å². The maximum absolute atomic E-state index is 13.4. The van der Waals surface area contributed by atoms with E-state index in [4.69, 9.17) is 4.52 Å². The molecule has 0 unspecified atom stereocenters. The van der Waals surface area contributed by atoms with Crippen molar-refractivity contribution in [2.75, 3.05) is 26.2 Å². The molecule has 2 heterocycles. The summed E-state index contributed by atoms with van der Waals surface area (Å²) in [4.78, 5) is 28.9. The number of carbonyl (C=O) groups excluding carboxylic acids is 2. The molecule has 8 heteroatoms. The lowest BCUT2D eigenvalue weighted by atomic mass is 10.0. The molecule has 2 aromatic carbocycles. The summed E-state index contributed by atoms with van der Waals surface area (Å²) in [7, 11) is 0. The van der Waals surface area contributed by atoms with Crippen LogP contribution in [0.15, 0.2) is 53.1 Å². The number of aryl methyl sites for hydroxylation is 1. The molecule has 154 valence electrons. The molecule has 0 atom stereocenters. The van der Waals surface area contributed by atoms with Crippen molar-refractivity contribution in [3.05, 3.63) is 77.1 Å². The fourth-order valence-electron chi connectivity index (χ4n) is 3.50. The van der Waals surface area contributed by atoms with Gasteiger partial charge in [0.05, 0.1) is 0 Å². The SMILES string of the molecule is Cc1onc(-c2ccccc2)c1C(=O)N1CCN(C(=O)c2ccc(F)c(F)c2)CC1. The molecular formula is C22H19F2N3O3. The molecule has 0 N–H and O–H groups in total. The van der Waals surface area contributed by atoms with Gasteiger partial charge in [0.25, 0.3) is 11.8 Å². The van der Waals surface area contributed by atoms with Crippen LogP contribution >= 0.6 is 0 Å². The molecule has 0 saturated carbocycles. The zero-order valence-corrected chi connectivity index (χ0v) is 16.3. The second-order valence-electron chi connectivity index (χ2n) is 7.04. The third-order valence-corrected chi connectivity index (χ3v) is 5.14. The molecule has 1 fully saturated rings. The molecule has 0 radical (unpaired) electrons. The maximum atomic E-state index is 13.4. The van der Waals surface area contributed by atoms with Crippen molar-refractivity contribution in [2.45, 2.75) is 6.92 Å². The summed E-state index contributed by atoms with van der Waals surface area (Å²) in [6.45, 7) is 2.89. The smallest absolute Gasteiger partial charge is 0.259 e. The van der Waals surface area contributed by atoms with Crippen molar-refractivity contribution in [3.8, 4) is 11.3 Å². The number of carbonyl (C=O) groups is 2. The molecule has 1 saturated heterocycles. The van der Waals surface area contributed by atoms with Crippen LogP contribution in [0.2, 0.25) is 0 Å². The minimum absolute atomic E-state index is 0.0786. The van der Waals surface area contributed by atoms with Crippen molar-refractivity contribution in [1.29, 1.82) is 0 Å². The van der Waals surface area contributed by atoms with Gasteiger partial charge in [-0.15, -0.1) is 0 Å². The Morgan fingerprint density at radius 2 is 1.53 bits per heavy atom. The zero-order valence-electron chi connectivity index (χ0n) is 16.3. The van der Waals surface area contributed by atoms with Gasteiger partial charge in [-0.1, -0.05) is 35.5 Å². The third-order valence-electron chi connectivity index (χ3n) is 5.14. The summed E-state index contributed by atoms with van der Waals surface area (Å²) in [6.07, 6.45) is 0. The van der Waals surface area contributed by atoms with Crippen LogP contribution < -0.4 is 0 Å². The predicted molar refractivity (Wildman–Crippen MR) is 105 cm³/mol. The zero-order chi connectivity index (χ0) is 21.3. The van der Waals surface area contributed by atoms with E-state index < -0.39 is 17.5 Å². The van der Waals surface area contributed by atoms with Crippen molar-refractivity contribution < 1.29 is 22.9 Å². The molecule has 1 aliphatic rings. The minimum atomic E-state index is -1.06. The lowest BCUT2D eigenvalue weighted by Crippen LogP contribution is -2.50. The molecule has 1 aliphatic heterocycles. The van der Waals surface area contributed by atoms with E-state index in [-0.39, 0.29) is 24.6 Å². The number of halogens is 2. The molecule has 0 bridgehead atoms. The molecule has 4 rings (SSSR count). The van der Waals surface area contributed by atoms with E-state index in [2.05, 4.69) is 5.16 Å². The van der Waals surface area contributed by atoms with Gasteiger partial charge in [0.2, 0.25) is 0 Å². The number of nitrogens with zero attached hydrogens (tertiary/aromatic N) is 3. The van der Waals surface area contributed by atoms with Crippen LogP contribution in [0.4, 0.5) is 8.78 Å². The van der Waals surface area contributed by atoms with Crippen LogP contribution in [0.25, 0.3) is 11.3 Å². The second-order valence-corrected chi connectivity index (χ2v) is 7.04. The van der Waals surface area contributed by atoms with Crippen LogP contribution in [0.1, 0.15) is 26.5 Å². The first kappa shape index (κ1) is 19.8. The Balaban J connectivity index is 1.47. The Kier molecular flexibility index (Phi) is 5.31. The summed E-state index contributed by atoms with van der Waals surface area (Å²) in [6, 6.07) is 12.4. The van der Waals surface area contributed by atoms with Gasteiger partial charge in [0.1, 0.15) is 17.0 Å². The highest BCUT2D eigenvalue weighted by atomic mass is 19.2. The number of aromatic nitrogens is 1. The van der Waals surface area contributed by atoms with Gasteiger partial charge in [-0.2, -0.15) is 0 Å². The average Bonchev–Trinajstić information content (AvgIpc) is 3.16. The van der Waals surface area contributed by atoms with Crippen LogP contribution in [0, 0.1) is 18.6 Å². The number of rotatable bonds is 3. The van der Waals surface area contributed by atoms with Gasteiger partial charge in [-0.05, 0) is 25.1 Å². The van der Waals surface area contributed by atoms with E-state index in [1.165, 1.54) is 11.0 Å². The highest BCUT2D eigenvalue weighted by Gasteiger charge is 2.30. The summed E-state index contributed by atoms with van der Waals surface area (Å²) < 4.78 is 31.8. The highest BCUT2D eigenvalue weighted by molar-refractivity contribution is 6.01. The lowest BCUT2D eigenvalue weighted by molar-refractivity contribution is 0.0534. The van der Waals surface area contributed by atoms with Crippen LogP contribution in [-0.4, -0.2) is 52.9 Å². The number of amides is 2. The van der Waals surface area contributed by atoms with E-state index >= 15 is 0 Å². The van der Waals surface area contributed by atoms with E-state index in [1.807, 2.05) is 30.3 Å². The van der Waals surface area contributed by atoms with Crippen LogP contribution in [0.5, 0.6) is 0 Å². The molecule has 0 spiro atoms. The molecular weight excluding hydrogens is 392 g/mol. The first-order chi connectivity index (χ1) is 14.5. The number of hydrogen-bond acceptors (Lipinski definition) is 4. The summed E-state index contributed by atoms with van der Waals surface area (Å²) in [5, 5.41) is 4.05. The highest BCUT2D eigenvalue weighted by Crippen LogP contribution is 2.27. The Bertz CT molecular complexity index is 1090. The molecule has 0 aliphatic carbocycles. The molecule has 30 heavy (non-hydrogen) atoms. The predicted octanol–water partition coefficient (Wildman–Crippen LogP) is 3.53. The van der Waals surface area contributed by atoms with Gasteiger partial charge >= 0.3 is 0 Å². The second kappa shape index (κ2) is 8.06. The molecule has 3 aromatic rings. The van der Waals surface area contributed by atoms with Crippen LogP contribution in [0.3, 0.4) is 0 Å². The monoisotopic (exact) mass is 411 g/mol. The van der Waals surface area contributed by atoms with Gasteiger partial charge in [0.15, 0.2) is 11.6 Å². The first-order valence-corrected chi connectivity index (χ1v) is 9.51.